The Morgan fingerprint density at radius 1 is 0.935 bits per heavy atom. The number of benzene rings is 2. The Kier molecular flexibility index (Phi) is 5.41. The summed E-state index contributed by atoms with van der Waals surface area (Å²) >= 11 is 0. The van der Waals surface area contributed by atoms with E-state index in [0.717, 1.165) is 11.3 Å². The lowest BCUT2D eigenvalue weighted by molar-refractivity contribution is 0.0602. The maximum absolute atomic E-state index is 13.4. The van der Waals surface area contributed by atoms with Crippen LogP contribution in [0.4, 0.5) is 5.69 Å². The standard InChI is InChI=1S/C24H22N4O3/c1-16-10-12-18(13-11-16)28-23(27-14-6-7-15-27)21(17(2)26-28)22(29)25-20-9-5-4-8-19(20)24(30)31-3/h4-15H,1-3H3,(H,25,29). The molecule has 1 N–H and O–H groups in total. The lowest BCUT2D eigenvalue weighted by atomic mass is 10.1. The first-order chi connectivity index (χ1) is 15.0. The number of nitrogens with zero attached hydrogens (tertiary/aromatic N) is 3. The van der Waals surface area contributed by atoms with E-state index in [1.807, 2.05) is 60.3 Å². The van der Waals surface area contributed by atoms with Crippen molar-refractivity contribution in [1.82, 2.24) is 14.3 Å². The third-order valence-corrected chi connectivity index (χ3v) is 4.97. The largest absolute Gasteiger partial charge is 0.465 e. The molecule has 0 saturated carbocycles. The molecule has 0 unspecified atom stereocenters. The van der Waals surface area contributed by atoms with E-state index in [1.54, 1.807) is 35.9 Å². The average molecular weight is 414 g/mol. The maximum Gasteiger partial charge on any atom is 0.339 e. The fraction of sp³-hybridized carbons (Fsp3) is 0.125. The summed E-state index contributed by atoms with van der Waals surface area (Å²) in [6, 6.07) is 18.4. The van der Waals surface area contributed by atoms with Gasteiger partial charge in [0.05, 0.1) is 29.7 Å². The molecule has 2 aromatic carbocycles. The number of hydrogen-bond acceptors (Lipinski definition) is 4. The number of para-hydroxylation sites is 1. The second-order valence-corrected chi connectivity index (χ2v) is 7.11. The lowest BCUT2D eigenvalue weighted by Gasteiger charge is -2.13. The number of aromatic nitrogens is 3. The van der Waals surface area contributed by atoms with Gasteiger partial charge in [-0.15, -0.1) is 0 Å². The van der Waals surface area contributed by atoms with Gasteiger partial charge in [-0.3, -0.25) is 4.79 Å². The zero-order valence-electron chi connectivity index (χ0n) is 17.5. The number of esters is 1. The van der Waals surface area contributed by atoms with Gasteiger partial charge in [0.15, 0.2) is 5.82 Å². The minimum Gasteiger partial charge on any atom is -0.465 e. The molecule has 4 aromatic rings. The van der Waals surface area contributed by atoms with Gasteiger partial charge in [-0.2, -0.15) is 5.10 Å². The minimum atomic E-state index is -0.520. The highest BCUT2D eigenvalue weighted by atomic mass is 16.5. The highest BCUT2D eigenvalue weighted by Gasteiger charge is 2.25. The zero-order chi connectivity index (χ0) is 22.0. The van der Waals surface area contributed by atoms with E-state index in [9.17, 15) is 9.59 Å². The smallest absolute Gasteiger partial charge is 0.339 e. The number of hydrogen-bond donors (Lipinski definition) is 1. The van der Waals surface area contributed by atoms with Crippen molar-refractivity contribution in [2.75, 3.05) is 12.4 Å². The van der Waals surface area contributed by atoms with Crippen LogP contribution in [-0.4, -0.2) is 33.3 Å². The van der Waals surface area contributed by atoms with Gasteiger partial charge in [0.2, 0.25) is 0 Å². The predicted octanol–water partition coefficient (Wildman–Crippen LogP) is 4.32. The maximum atomic E-state index is 13.4. The lowest BCUT2D eigenvalue weighted by Crippen LogP contribution is -2.18. The van der Waals surface area contributed by atoms with Crippen molar-refractivity contribution in [3.63, 3.8) is 0 Å². The first-order valence-electron chi connectivity index (χ1n) is 9.78. The molecule has 0 bridgehead atoms. The van der Waals surface area contributed by atoms with Crippen LogP contribution in [0.1, 0.15) is 32.0 Å². The number of carbonyl (C=O) groups is 2. The molecule has 1 amide bonds. The van der Waals surface area contributed by atoms with Gasteiger partial charge in [0.25, 0.3) is 5.91 Å². The third-order valence-electron chi connectivity index (χ3n) is 4.97. The van der Waals surface area contributed by atoms with Crippen molar-refractivity contribution in [3.8, 4) is 11.5 Å². The van der Waals surface area contributed by atoms with Crippen molar-refractivity contribution < 1.29 is 14.3 Å². The SMILES string of the molecule is COC(=O)c1ccccc1NC(=O)c1c(C)nn(-c2ccc(C)cc2)c1-n1cccc1. The fourth-order valence-corrected chi connectivity index (χ4v) is 3.43. The quantitative estimate of drug-likeness (QED) is 0.494. The van der Waals surface area contributed by atoms with Crippen molar-refractivity contribution >= 4 is 17.6 Å². The monoisotopic (exact) mass is 414 g/mol. The van der Waals surface area contributed by atoms with Crippen LogP contribution in [-0.2, 0) is 4.74 Å². The molecule has 0 atom stereocenters. The summed E-state index contributed by atoms with van der Waals surface area (Å²) in [6.07, 6.45) is 3.72. The summed E-state index contributed by atoms with van der Waals surface area (Å²) in [5.74, 6) is -0.274. The van der Waals surface area contributed by atoms with Crippen LogP contribution in [0.3, 0.4) is 0 Å². The molecule has 2 heterocycles. The molecule has 0 radical (unpaired) electrons. The molecule has 0 saturated heterocycles. The summed E-state index contributed by atoms with van der Waals surface area (Å²) < 4.78 is 8.43. The molecule has 0 aliphatic heterocycles. The number of aryl methyl sites for hydroxylation is 2. The predicted molar refractivity (Wildman–Crippen MR) is 118 cm³/mol. The molecule has 7 nitrogen and oxygen atoms in total. The number of rotatable bonds is 5. The van der Waals surface area contributed by atoms with E-state index in [1.165, 1.54) is 7.11 Å². The topological polar surface area (TPSA) is 78.2 Å². The van der Waals surface area contributed by atoms with Gasteiger partial charge in [0, 0.05) is 12.4 Å². The van der Waals surface area contributed by atoms with Crippen LogP contribution < -0.4 is 5.32 Å². The van der Waals surface area contributed by atoms with Gasteiger partial charge in [-0.25, -0.2) is 9.48 Å². The Labute approximate surface area is 179 Å². The summed E-state index contributed by atoms with van der Waals surface area (Å²) in [6.45, 7) is 3.81. The third kappa shape index (κ3) is 3.85. The van der Waals surface area contributed by atoms with Gasteiger partial charge < -0.3 is 14.6 Å². The Morgan fingerprint density at radius 3 is 2.29 bits per heavy atom. The highest BCUT2D eigenvalue weighted by molar-refractivity contribution is 6.10. The zero-order valence-corrected chi connectivity index (χ0v) is 17.5. The van der Waals surface area contributed by atoms with E-state index in [2.05, 4.69) is 10.4 Å². The molecule has 4 rings (SSSR count). The molecule has 7 heteroatoms. The molecule has 0 aliphatic rings. The van der Waals surface area contributed by atoms with E-state index in [0.29, 0.717) is 22.8 Å². The molecule has 0 fully saturated rings. The van der Waals surface area contributed by atoms with E-state index in [-0.39, 0.29) is 11.5 Å². The van der Waals surface area contributed by atoms with E-state index < -0.39 is 5.97 Å². The molecule has 2 aromatic heterocycles. The number of amides is 1. The molecule has 156 valence electrons. The number of carbonyl (C=O) groups excluding carboxylic acids is 2. The van der Waals surface area contributed by atoms with Crippen LogP contribution in [0, 0.1) is 13.8 Å². The Hall–Kier alpha value is -4.13. The average Bonchev–Trinajstić information content (AvgIpc) is 3.41. The van der Waals surface area contributed by atoms with Gasteiger partial charge in [-0.1, -0.05) is 29.8 Å². The second-order valence-electron chi connectivity index (χ2n) is 7.11. The number of methoxy groups -OCH3 is 1. The number of anilines is 1. The number of nitrogens with one attached hydrogen (secondary N) is 1. The molecular weight excluding hydrogens is 392 g/mol. The summed E-state index contributed by atoms with van der Waals surface area (Å²) in [5, 5.41) is 7.50. The Morgan fingerprint density at radius 2 is 1.61 bits per heavy atom. The van der Waals surface area contributed by atoms with Gasteiger partial charge >= 0.3 is 5.97 Å². The molecule has 0 spiro atoms. The summed E-state index contributed by atoms with van der Waals surface area (Å²) in [7, 11) is 1.31. The van der Waals surface area contributed by atoms with Crippen molar-refractivity contribution in [3.05, 3.63) is 95.4 Å². The van der Waals surface area contributed by atoms with Crippen LogP contribution >= 0.6 is 0 Å². The first kappa shape index (κ1) is 20.2. The second kappa shape index (κ2) is 8.31. The summed E-state index contributed by atoms with van der Waals surface area (Å²) in [5.41, 5.74) is 3.61. The van der Waals surface area contributed by atoms with Crippen molar-refractivity contribution in [2.24, 2.45) is 0 Å². The minimum absolute atomic E-state index is 0.282. The molecule has 0 aliphatic carbocycles. The number of ether oxygens (including phenoxy) is 1. The normalized spacial score (nSPS) is 10.7. The van der Waals surface area contributed by atoms with E-state index >= 15 is 0 Å². The molecule has 31 heavy (non-hydrogen) atoms. The van der Waals surface area contributed by atoms with Crippen LogP contribution in [0.25, 0.3) is 11.5 Å². The summed E-state index contributed by atoms with van der Waals surface area (Å²) in [4.78, 5) is 25.5. The van der Waals surface area contributed by atoms with E-state index in [4.69, 9.17) is 4.74 Å². The van der Waals surface area contributed by atoms with Gasteiger partial charge in [0.1, 0.15) is 5.56 Å². The van der Waals surface area contributed by atoms with Crippen molar-refractivity contribution in [1.29, 1.82) is 0 Å². The van der Waals surface area contributed by atoms with Crippen LogP contribution in [0.5, 0.6) is 0 Å². The molecular formula is C24H22N4O3. The fourth-order valence-electron chi connectivity index (χ4n) is 3.43. The van der Waals surface area contributed by atoms with Gasteiger partial charge in [-0.05, 0) is 50.2 Å². The highest BCUT2D eigenvalue weighted by Crippen LogP contribution is 2.25. The van der Waals surface area contributed by atoms with Crippen LogP contribution in [0.15, 0.2) is 73.1 Å². The first-order valence-corrected chi connectivity index (χ1v) is 9.78. The van der Waals surface area contributed by atoms with Crippen LogP contribution in [0.2, 0.25) is 0 Å². The Bertz CT molecular complexity index is 1240. The van der Waals surface area contributed by atoms with Crippen molar-refractivity contribution in [2.45, 2.75) is 13.8 Å². The Balaban J connectivity index is 1.81.